The van der Waals surface area contributed by atoms with Crippen molar-refractivity contribution in [3.05, 3.63) is 29.8 Å². The zero-order valence-electron chi connectivity index (χ0n) is 22.4. The number of carbonyl (C=O) groups excluding carboxylic acids is 3. The molecule has 13 heteroatoms. The first kappa shape index (κ1) is 33.3. The van der Waals surface area contributed by atoms with E-state index >= 15 is 0 Å². The smallest absolute Gasteiger partial charge is 0.326 e. The Morgan fingerprint density at radius 2 is 1.36 bits per heavy atom. The summed E-state index contributed by atoms with van der Waals surface area (Å²) in [5.41, 5.74) is 12.0. The first-order chi connectivity index (χ1) is 18.3. The van der Waals surface area contributed by atoms with Crippen molar-refractivity contribution in [3.8, 4) is 5.75 Å². The first-order valence-corrected chi connectivity index (χ1v) is 12.9. The summed E-state index contributed by atoms with van der Waals surface area (Å²) < 4.78 is 0. The average Bonchev–Trinajstić information content (AvgIpc) is 2.85. The molecule has 0 aliphatic heterocycles. The summed E-state index contributed by atoms with van der Waals surface area (Å²) in [4.78, 5) is 61.8. The Hall–Kier alpha value is -3.71. The number of aromatic hydroxyl groups is 1. The highest BCUT2D eigenvalue weighted by Crippen LogP contribution is 2.12. The molecule has 0 fully saturated rings. The van der Waals surface area contributed by atoms with Crippen molar-refractivity contribution >= 4 is 29.7 Å². The number of benzene rings is 1. The number of hydrogen-bond donors (Lipinski definition) is 8. The second-order valence-corrected chi connectivity index (χ2v) is 9.85. The molecule has 0 aliphatic carbocycles. The third kappa shape index (κ3) is 13.1. The summed E-state index contributed by atoms with van der Waals surface area (Å²) in [6.07, 6.45) is 0.768. The maximum Gasteiger partial charge on any atom is 0.326 e. The van der Waals surface area contributed by atoms with Gasteiger partial charge in [-0.3, -0.25) is 19.2 Å². The third-order valence-electron chi connectivity index (χ3n) is 5.91. The van der Waals surface area contributed by atoms with Crippen LogP contribution in [0, 0.1) is 5.92 Å². The number of hydrogen-bond acceptors (Lipinski definition) is 8. The molecule has 218 valence electrons. The Morgan fingerprint density at radius 3 is 1.87 bits per heavy atom. The summed E-state index contributed by atoms with van der Waals surface area (Å²) in [6.45, 7) is 4.17. The Bertz CT molecular complexity index is 970. The standard InChI is InChI=1S/C26H41N5O8/c1-15(2)13-18(28)23(35)29-19(5-3-4-12-27)24(36)30-20(10-11-22(33)34)25(37)31-21(26(38)39)14-16-6-8-17(32)9-7-16/h6-9,15,18-21,32H,3-5,10-14,27-28H2,1-2H3,(H,29,35)(H,30,36)(H,31,37)(H,33,34)(H,38,39). The molecule has 1 aromatic carbocycles. The van der Waals surface area contributed by atoms with Gasteiger partial charge < -0.3 is 42.7 Å². The van der Waals surface area contributed by atoms with Gasteiger partial charge in [-0.15, -0.1) is 0 Å². The first-order valence-electron chi connectivity index (χ1n) is 12.9. The van der Waals surface area contributed by atoms with Crippen LogP contribution in [0.4, 0.5) is 0 Å². The normalized spacial score (nSPS) is 14.1. The van der Waals surface area contributed by atoms with Crippen LogP contribution in [-0.4, -0.2) is 75.7 Å². The van der Waals surface area contributed by atoms with Gasteiger partial charge >= 0.3 is 11.9 Å². The Morgan fingerprint density at radius 1 is 0.821 bits per heavy atom. The molecule has 4 unspecified atom stereocenters. The van der Waals surface area contributed by atoms with Gasteiger partial charge in [-0.1, -0.05) is 26.0 Å². The Labute approximate surface area is 227 Å². The van der Waals surface area contributed by atoms with Gasteiger partial charge in [-0.05, 0) is 62.3 Å². The maximum atomic E-state index is 13.2. The van der Waals surface area contributed by atoms with E-state index in [4.69, 9.17) is 16.6 Å². The van der Waals surface area contributed by atoms with E-state index in [2.05, 4.69) is 16.0 Å². The molecule has 39 heavy (non-hydrogen) atoms. The van der Waals surface area contributed by atoms with Gasteiger partial charge in [0.1, 0.15) is 23.9 Å². The molecule has 1 aromatic rings. The van der Waals surface area contributed by atoms with Crippen molar-refractivity contribution in [3.63, 3.8) is 0 Å². The molecule has 0 bridgehead atoms. The van der Waals surface area contributed by atoms with Gasteiger partial charge in [0.2, 0.25) is 17.7 Å². The van der Waals surface area contributed by atoms with E-state index in [1.165, 1.54) is 24.3 Å². The molecule has 0 radical (unpaired) electrons. The molecule has 0 aliphatic rings. The molecule has 0 aromatic heterocycles. The number of amides is 3. The molecule has 0 spiro atoms. The molecule has 4 atom stereocenters. The summed E-state index contributed by atoms with van der Waals surface area (Å²) in [5, 5.41) is 35.6. The Balaban J connectivity index is 3.05. The van der Waals surface area contributed by atoms with Crippen LogP contribution in [0.25, 0.3) is 0 Å². The summed E-state index contributed by atoms with van der Waals surface area (Å²) >= 11 is 0. The number of unbranched alkanes of at least 4 members (excludes halogenated alkanes) is 1. The summed E-state index contributed by atoms with van der Waals surface area (Å²) in [7, 11) is 0. The second-order valence-electron chi connectivity index (χ2n) is 9.85. The minimum atomic E-state index is -1.39. The number of nitrogens with one attached hydrogen (secondary N) is 3. The van der Waals surface area contributed by atoms with E-state index in [0.29, 0.717) is 31.4 Å². The van der Waals surface area contributed by atoms with Crippen molar-refractivity contribution in [2.24, 2.45) is 17.4 Å². The number of carboxylic acid groups (broad SMARTS) is 2. The lowest BCUT2D eigenvalue weighted by Crippen LogP contribution is -2.57. The van der Waals surface area contributed by atoms with Crippen LogP contribution in [0.3, 0.4) is 0 Å². The number of carboxylic acids is 2. The average molecular weight is 552 g/mol. The zero-order valence-corrected chi connectivity index (χ0v) is 22.4. The van der Waals surface area contributed by atoms with Crippen molar-refractivity contribution in [1.82, 2.24) is 16.0 Å². The van der Waals surface area contributed by atoms with Crippen LogP contribution < -0.4 is 27.4 Å². The predicted molar refractivity (Wildman–Crippen MR) is 142 cm³/mol. The van der Waals surface area contributed by atoms with Crippen LogP contribution in [0.15, 0.2) is 24.3 Å². The second kappa shape index (κ2) is 17.0. The van der Waals surface area contributed by atoms with Crippen LogP contribution in [-0.2, 0) is 30.4 Å². The fourth-order valence-electron chi connectivity index (χ4n) is 3.80. The van der Waals surface area contributed by atoms with E-state index in [1.54, 1.807) is 0 Å². The van der Waals surface area contributed by atoms with Crippen LogP contribution in [0.1, 0.15) is 57.9 Å². The molecule has 3 amide bonds. The number of aliphatic carboxylic acids is 2. The van der Waals surface area contributed by atoms with E-state index in [-0.39, 0.29) is 30.9 Å². The minimum Gasteiger partial charge on any atom is -0.508 e. The number of carbonyl (C=O) groups is 5. The topological polar surface area (TPSA) is 234 Å². The molecular weight excluding hydrogens is 510 g/mol. The highest BCUT2D eigenvalue weighted by molar-refractivity contribution is 5.94. The monoisotopic (exact) mass is 551 g/mol. The van der Waals surface area contributed by atoms with Crippen LogP contribution in [0.5, 0.6) is 5.75 Å². The molecular formula is C26H41N5O8. The van der Waals surface area contributed by atoms with Crippen molar-refractivity contribution in [2.75, 3.05) is 6.54 Å². The predicted octanol–water partition coefficient (Wildman–Crippen LogP) is -0.159. The zero-order chi connectivity index (χ0) is 29.5. The lowest BCUT2D eigenvalue weighted by atomic mass is 10.0. The molecule has 10 N–H and O–H groups in total. The van der Waals surface area contributed by atoms with Crippen molar-refractivity contribution < 1.29 is 39.3 Å². The highest BCUT2D eigenvalue weighted by atomic mass is 16.4. The van der Waals surface area contributed by atoms with Crippen LogP contribution in [0.2, 0.25) is 0 Å². The van der Waals surface area contributed by atoms with Gasteiger partial charge in [0.05, 0.1) is 6.04 Å². The maximum absolute atomic E-state index is 13.2. The molecule has 0 heterocycles. The molecule has 13 nitrogen and oxygen atoms in total. The SMILES string of the molecule is CC(C)CC(N)C(=O)NC(CCCCN)C(=O)NC(CCC(=O)O)C(=O)NC(Cc1ccc(O)cc1)C(=O)O. The quantitative estimate of drug-likeness (QED) is 0.112. The van der Waals surface area contributed by atoms with Crippen molar-refractivity contribution in [1.29, 1.82) is 0 Å². The Kier molecular flexibility index (Phi) is 14.5. The van der Waals surface area contributed by atoms with Crippen LogP contribution >= 0.6 is 0 Å². The summed E-state index contributed by atoms with van der Waals surface area (Å²) in [5.74, 6) is -4.58. The number of nitrogens with two attached hydrogens (primary N) is 2. The largest absolute Gasteiger partial charge is 0.508 e. The lowest BCUT2D eigenvalue weighted by Gasteiger charge is -2.25. The van der Waals surface area contributed by atoms with E-state index in [0.717, 1.165) is 0 Å². The van der Waals surface area contributed by atoms with Gasteiger partial charge in [-0.2, -0.15) is 0 Å². The highest BCUT2D eigenvalue weighted by Gasteiger charge is 2.30. The fourth-order valence-corrected chi connectivity index (χ4v) is 3.80. The lowest BCUT2D eigenvalue weighted by molar-refractivity contribution is -0.143. The van der Waals surface area contributed by atoms with Gasteiger partial charge in [0, 0.05) is 12.8 Å². The van der Waals surface area contributed by atoms with E-state index in [1.807, 2.05) is 13.8 Å². The van der Waals surface area contributed by atoms with E-state index in [9.17, 15) is 34.2 Å². The van der Waals surface area contributed by atoms with E-state index < -0.39 is 60.2 Å². The van der Waals surface area contributed by atoms with Crippen molar-refractivity contribution in [2.45, 2.75) is 83.0 Å². The molecule has 0 saturated carbocycles. The number of rotatable bonds is 18. The number of phenolic OH excluding ortho intramolecular Hbond substituents is 1. The minimum absolute atomic E-state index is 0.00984. The van der Waals surface area contributed by atoms with Gasteiger partial charge in [0.15, 0.2) is 0 Å². The molecule has 1 rings (SSSR count). The number of phenols is 1. The summed E-state index contributed by atoms with van der Waals surface area (Å²) in [6, 6.07) is 1.07. The third-order valence-corrected chi connectivity index (χ3v) is 5.91. The molecule has 0 saturated heterocycles. The van der Waals surface area contributed by atoms with Gasteiger partial charge in [-0.25, -0.2) is 4.79 Å². The van der Waals surface area contributed by atoms with Gasteiger partial charge in [0.25, 0.3) is 0 Å². The fraction of sp³-hybridized carbons (Fsp3) is 0.577.